The third-order valence-corrected chi connectivity index (χ3v) is 8.13. The van der Waals surface area contributed by atoms with Gasteiger partial charge < -0.3 is 15.1 Å². The Labute approximate surface area is 211 Å². The maximum Gasteiger partial charge on any atom is 0.317 e. The van der Waals surface area contributed by atoms with Gasteiger partial charge in [-0.05, 0) is 45.1 Å². The third kappa shape index (κ3) is 5.83. The van der Waals surface area contributed by atoms with E-state index in [-0.39, 0.29) is 35.2 Å². The van der Waals surface area contributed by atoms with Crippen LogP contribution in [0.15, 0.2) is 30.3 Å². The molecule has 3 saturated heterocycles. The number of carbonyl (C=O) groups is 2. The van der Waals surface area contributed by atoms with E-state index >= 15 is 0 Å². The molecular weight excluding hydrogens is 438 g/mol. The molecule has 2 atom stereocenters. The molecule has 0 unspecified atom stereocenters. The van der Waals surface area contributed by atoms with Crippen LogP contribution < -0.4 is 10.6 Å². The van der Waals surface area contributed by atoms with Crippen molar-refractivity contribution in [3.8, 4) is 0 Å². The number of amides is 3. The predicted octanol–water partition coefficient (Wildman–Crippen LogP) is 3.80. The number of nitrogens with one attached hydrogen (secondary N) is 2. The van der Waals surface area contributed by atoms with Crippen LogP contribution in [0.2, 0.25) is 0 Å². The van der Waals surface area contributed by atoms with E-state index in [0.717, 1.165) is 51.7 Å². The van der Waals surface area contributed by atoms with Crippen molar-refractivity contribution >= 4 is 11.9 Å². The van der Waals surface area contributed by atoms with Gasteiger partial charge in [-0.1, -0.05) is 50.6 Å². The molecule has 7 nitrogen and oxygen atoms in total. The zero-order valence-electron chi connectivity index (χ0n) is 22.3. The molecule has 3 amide bonds. The Kier molecular flexibility index (Phi) is 7.77. The predicted molar refractivity (Wildman–Crippen MR) is 140 cm³/mol. The van der Waals surface area contributed by atoms with Gasteiger partial charge in [-0.2, -0.15) is 0 Å². The molecule has 7 heteroatoms. The molecule has 1 aromatic carbocycles. The van der Waals surface area contributed by atoms with Gasteiger partial charge in [0.2, 0.25) is 5.91 Å². The summed E-state index contributed by atoms with van der Waals surface area (Å²) in [7, 11) is 0. The number of rotatable bonds is 5. The maximum absolute atomic E-state index is 13.8. The highest BCUT2D eigenvalue weighted by molar-refractivity contribution is 5.86. The van der Waals surface area contributed by atoms with E-state index in [1.165, 1.54) is 5.56 Å². The lowest BCUT2D eigenvalue weighted by Crippen LogP contribution is -2.64. The Balaban J connectivity index is 1.44. The van der Waals surface area contributed by atoms with Gasteiger partial charge in [0.1, 0.15) is 0 Å². The van der Waals surface area contributed by atoms with Gasteiger partial charge in [0.25, 0.3) is 0 Å². The molecule has 0 saturated carbocycles. The second kappa shape index (κ2) is 10.5. The number of urea groups is 1. The van der Waals surface area contributed by atoms with Crippen molar-refractivity contribution in [2.24, 2.45) is 5.92 Å². The minimum absolute atomic E-state index is 0.00378. The number of benzene rings is 1. The van der Waals surface area contributed by atoms with Gasteiger partial charge in [0.05, 0.1) is 11.7 Å². The van der Waals surface area contributed by atoms with Crippen molar-refractivity contribution in [3.63, 3.8) is 0 Å². The summed E-state index contributed by atoms with van der Waals surface area (Å²) in [5.74, 6) is 0.568. The number of carbonyl (C=O) groups excluding carboxylic acids is 2. The van der Waals surface area contributed by atoms with Gasteiger partial charge in [-0.25, -0.2) is 4.79 Å². The van der Waals surface area contributed by atoms with Gasteiger partial charge in [0, 0.05) is 57.1 Å². The van der Waals surface area contributed by atoms with E-state index in [2.05, 4.69) is 64.6 Å². The summed E-state index contributed by atoms with van der Waals surface area (Å²) in [6.07, 6.45) is 4.55. The molecule has 0 radical (unpaired) electrons. The zero-order valence-corrected chi connectivity index (χ0v) is 22.3. The second-order valence-electron chi connectivity index (χ2n) is 11.9. The molecule has 3 aliphatic rings. The summed E-state index contributed by atoms with van der Waals surface area (Å²) < 4.78 is 0. The van der Waals surface area contributed by atoms with Crippen LogP contribution in [0.5, 0.6) is 0 Å². The minimum atomic E-state index is -0.337. The van der Waals surface area contributed by atoms with E-state index in [1.54, 1.807) is 0 Å². The van der Waals surface area contributed by atoms with Gasteiger partial charge in [-0.3, -0.25) is 15.0 Å². The zero-order chi connectivity index (χ0) is 25.2. The Morgan fingerprint density at radius 3 is 2.31 bits per heavy atom. The molecule has 4 rings (SSSR count). The van der Waals surface area contributed by atoms with Crippen LogP contribution in [0.25, 0.3) is 0 Å². The van der Waals surface area contributed by atoms with Crippen molar-refractivity contribution < 1.29 is 9.59 Å². The van der Waals surface area contributed by atoms with Crippen LogP contribution in [0, 0.1) is 5.92 Å². The normalized spacial score (nSPS) is 24.7. The summed E-state index contributed by atoms with van der Waals surface area (Å²) in [4.78, 5) is 33.3. The SMILES string of the molecule is CC[C@@H](C)[C@@H]1NC2(CCN(C(=O)NC(C)(C)C)CC2)N(C2CCN(Cc3ccccc3)CC2)C1=O. The largest absolute Gasteiger partial charge is 0.333 e. The van der Waals surface area contributed by atoms with Crippen LogP contribution in [0.4, 0.5) is 4.79 Å². The number of piperidine rings is 2. The van der Waals surface area contributed by atoms with Crippen molar-refractivity contribution in [1.82, 2.24) is 25.3 Å². The van der Waals surface area contributed by atoms with E-state index in [0.29, 0.717) is 19.0 Å². The van der Waals surface area contributed by atoms with Crippen LogP contribution in [0.3, 0.4) is 0 Å². The fourth-order valence-corrected chi connectivity index (χ4v) is 5.97. The molecular formula is C28H45N5O2. The lowest BCUT2D eigenvalue weighted by atomic mass is 9.92. The molecule has 1 aromatic rings. The lowest BCUT2D eigenvalue weighted by Gasteiger charge is -2.49. The Morgan fingerprint density at radius 2 is 1.74 bits per heavy atom. The molecule has 3 fully saturated rings. The molecule has 3 aliphatic heterocycles. The topological polar surface area (TPSA) is 67.9 Å². The first-order valence-electron chi connectivity index (χ1n) is 13.6. The Hall–Kier alpha value is -2.12. The number of likely N-dealkylation sites (tertiary alicyclic amines) is 2. The first-order valence-corrected chi connectivity index (χ1v) is 13.6. The van der Waals surface area contributed by atoms with E-state index in [9.17, 15) is 9.59 Å². The minimum Gasteiger partial charge on any atom is -0.333 e. The van der Waals surface area contributed by atoms with Gasteiger partial charge >= 0.3 is 6.03 Å². The Bertz CT molecular complexity index is 867. The molecule has 2 N–H and O–H groups in total. The average Bonchev–Trinajstić information content (AvgIpc) is 3.10. The van der Waals surface area contributed by atoms with Crippen molar-refractivity contribution in [1.29, 1.82) is 0 Å². The standard InChI is InChI=1S/C28H45N5O2/c1-6-21(2)24-25(34)33(23-12-16-31(17-13-23)20-22-10-8-7-9-11-22)28(29-24)14-18-32(19-15-28)26(35)30-27(3,4)5/h7-11,21,23-24,29H,6,12-20H2,1-5H3,(H,30,35)/t21-,24+/m1/s1. The van der Waals surface area contributed by atoms with Gasteiger partial charge in [0.15, 0.2) is 0 Å². The number of nitrogens with zero attached hydrogens (tertiary/aromatic N) is 3. The summed E-state index contributed by atoms with van der Waals surface area (Å²) in [6, 6.07) is 10.8. The fraction of sp³-hybridized carbons (Fsp3) is 0.714. The van der Waals surface area contributed by atoms with Crippen LogP contribution in [-0.4, -0.2) is 76.1 Å². The molecule has 0 aromatic heterocycles. The molecule has 194 valence electrons. The third-order valence-electron chi connectivity index (χ3n) is 8.13. The lowest BCUT2D eigenvalue weighted by molar-refractivity contribution is -0.138. The summed E-state index contributed by atoms with van der Waals surface area (Å²) >= 11 is 0. The summed E-state index contributed by atoms with van der Waals surface area (Å²) in [5, 5.41) is 6.91. The van der Waals surface area contributed by atoms with E-state index < -0.39 is 0 Å². The van der Waals surface area contributed by atoms with Gasteiger partial charge in [-0.15, -0.1) is 0 Å². The van der Waals surface area contributed by atoms with Crippen LogP contribution in [-0.2, 0) is 11.3 Å². The first kappa shape index (κ1) is 26.0. The Morgan fingerprint density at radius 1 is 1.11 bits per heavy atom. The summed E-state index contributed by atoms with van der Waals surface area (Å²) in [6.45, 7) is 14.7. The molecule has 1 spiro atoms. The molecule has 35 heavy (non-hydrogen) atoms. The maximum atomic E-state index is 13.8. The molecule has 0 bridgehead atoms. The quantitative estimate of drug-likeness (QED) is 0.669. The molecule has 0 aliphatic carbocycles. The van der Waals surface area contributed by atoms with Crippen molar-refractivity contribution in [2.75, 3.05) is 26.2 Å². The highest BCUT2D eigenvalue weighted by Gasteiger charge is 2.55. The smallest absolute Gasteiger partial charge is 0.317 e. The molecule has 3 heterocycles. The average molecular weight is 484 g/mol. The van der Waals surface area contributed by atoms with E-state index in [1.807, 2.05) is 25.7 Å². The summed E-state index contributed by atoms with van der Waals surface area (Å²) in [5.41, 5.74) is 0.754. The monoisotopic (exact) mass is 483 g/mol. The second-order valence-corrected chi connectivity index (χ2v) is 11.9. The number of hydrogen-bond acceptors (Lipinski definition) is 4. The fourth-order valence-electron chi connectivity index (χ4n) is 5.97. The van der Waals surface area contributed by atoms with Crippen molar-refractivity contribution in [2.45, 2.75) is 96.6 Å². The van der Waals surface area contributed by atoms with Crippen LogP contribution in [0.1, 0.15) is 72.3 Å². The van der Waals surface area contributed by atoms with E-state index in [4.69, 9.17) is 0 Å². The highest BCUT2D eigenvalue weighted by Crippen LogP contribution is 2.38. The number of hydrogen-bond donors (Lipinski definition) is 2. The van der Waals surface area contributed by atoms with Crippen LogP contribution >= 0.6 is 0 Å². The van der Waals surface area contributed by atoms with Crippen molar-refractivity contribution in [3.05, 3.63) is 35.9 Å². The highest BCUT2D eigenvalue weighted by atomic mass is 16.2. The first-order chi connectivity index (χ1) is 16.6.